The third kappa shape index (κ3) is 7.57. The molecule has 270 valence electrons. The number of nitrogens with zero attached hydrogens (tertiary/aromatic N) is 7. The number of halogens is 5. The summed E-state index contributed by atoms with van der Waals surface area (Å²) in [7, 11) is 0. The summed E-state index contributed by atoms with van der Waals surface area (Å²) >= 11 is 6.07. The fraction of sp³-hybridized carbons (Fsp3) is 0.406. The average molecular weight is 735 g/mol. The van der Waals surface area contributed by atoms with E-state index < -0.39 is 59.8 Å². The van der Waals surface area contributed by atoms with Crippen molar-refractivity contribution in [2.75, 3.05) is 31.6 Å². The number of amides is 2. The second kappa shape index (κ2) is 14.4. The van der Waals surface area contributed by atoms with E-state index in [1.54, 1.807) is 13.0 Å². The molecular formula is C32H31ClF4N8O6. The topological polar surface area (TPSA) is 166 Å². The molecular weight excluding hydrogens is 704 g/mol. The first-order valence-electron chi connectivity index (χ1n) is 15.7. The molecule has 14 nitrogen and oxygen atoms in total. The van der Waals surface area contributed by atoms with E-state index in [9.17, 15) is 32.7 Å². The Labute approximate surface area is 291 Å². The predicted octanol–water partition coefficient (Wildman–Crippen LogP) is 4.14. The number of likely N-dealkylation sites (tertiary alicyclic amines) is 1. The zero-order valence-corrected chi connectivity index (χ0v) is 27.9. The number of aryl methyl sites for hydroxylation is 1. The SMILES string of the molecule is Cc1ncnc(C(=O)N2CCC(OC(C)c3cc(=O)n4nc(C5=CCOCC5)nc4n3CC(=O)Nc3ccc(C(F)(F)F)cc3Cl)C(F)C2)c1O. The summed E-state index contributed by atoms with van der Waals surface area (Å²) in [5, 5.41) is 16.7. The number of carbonyl (C=O) groups is 2. The Kier molecular flexibility index (Phi) is 10.1. The van der Waals surface area contributed by atoms with Gasteiger partial charge in [0.05, 0.1) is 59.6 Å². The van der Waals surface area contributed by atoms with E-state index in [2.05, 4.69) is 25.4 Å². The monoisotopic (exact) mass is 734 g/mol. The summed E-state index contributed by atoms with van der Waals surface area (Å²) < 4.78 is 68.9. The van der Waals surface area contributed by atoms with Crippen molar-refractivity contribution in [3.63, 3.8) is 0 Å². The number of ether oxygens (including phenoxy) is 2. The molecule has 0 saturated carbocycles. The van der Waals surface area contributed by atoms with Gasteiger partial charge < -0.3 is 29.4 Å². The fourth-order valence-corrected chi connectivity index (χ4v) is 6.05. The quantitative estimate of drug-likeness (QED) is 0.251. The highest BCUT2D eigenvalue weighted by Gasteiger charge is 2.36. The van der Waals surface area contributed by atoms with Crippen molar-refractivity contribution in [1.29, 1.82) is 0 Å². The van der Waals surface area contributed by atoms with Crippen LogP contribution in [0, 0.1) is 6.92 Å². The van der Waals surface area contributed by atoms with Crippen LogP contribution in [0.4, 0.5) is 23.2 Å². The summed E-state index contributed by atoms with van der Waals surface area (Å²) in [6.45, 7) is 2.96. The van der Waals surface area contributed by atoms with Crippen molar-refractivity contribution in [2.24, 2.45) is 0 Å². The normalized spacial score (nSPS) is 18.8. The number of aromatic nitrogens is 6. The van der Waals surface area contributed by atoms with Gasteiger partial charge in [-0.05, 0) is 50.5 Å². The maximum absolute atomic E-state index is 15.6. The fourth-order valence-electron chi connectivity index (χ4n) is 5.82. The van der Waals surface area contributed by atoms with Crippen molar-refractivity contribution >= 4 is 40.5 Å². The highest BCUT2D eigenvalue weighted by atomic mass is 35.5. The molecule has 0 radical (unpaired) electrons. The second-order valence-electron chi connectivity index (χ2n) is 12.0. The van der Waals surface area contributed by atoms with Crippen molar-refractivity contribution in [2.45, 2.75) is 57.8 Å². The number of nitrogens with one attached hydrogen (secondary N) is 1. The molecule has 0 bridgehead atoms. The highest BCUT2D eigenvalue weighted by Crippen LogP contribution is 2.34. The van der Waals surface area contributed by atoms with Gasteiger partial charge in [0.15, 0.2) is 17.3 Å². The van der Waals surface area contributed by atoms with E-state index in [1.807, 2.05) is 0 Å². The second-order valence-corrected chi connectivity index (χ2v) is 12.4. The predicted molar refractivity (Wildman–Crippen MR) is 173 cm³/mol. The van der Waals surface area contributed by atoms with Crippen LogP contribution in [-0.4, -0.2) is 89.5 Å². The lowest BCUT2D eigenvalue weighted by Crippen LogP contribution is -2.48. The van der Waals surface area contributed by atoms with E-state index in [0.717, 1.165) is 28.5 Å². The van der Waals surface area contributed by atoms with Gasteiger partial charge in [-0.2, -0.15) is 22.7 Å². The van der Waals surface area contributed by atoms with Crippen molar-refractivity contribution in [3.8, 4) is 5.75 Å². The van der Waals surface area contributed by atoms with Gasteiger partial charge in [-0.25, -0.2) is 14.4 Å². The van der Waals surface area contributed by atoms with Crippen LogP contribution in [0.5, 0.6) is 5.75 Å². The molecule has 3 atom stereocenters. The number of anilines is 1. The summed E-state index contributed by atoms with van der Waals surface area (Å²) in [4.78, 5) is 53.2. The van der Waals surface area contributed by atoms with Crippen molar-refractivity contribution < 1.29 is 41.7 Å². The minimum Gasteiger partial charge on any atom is -0.504 e. The maximum Gasteiger partial charge on any atom is 0.416 e. The van der Waals surface area contributed by atoms with Crippen molar-refractivity contribution in [1.82, 2.24) is 34.0 Å². The largest absolute Gasteiger partial charge is 0.504 e. The van der Waals surface area contributed by atoms with E-state index >= 15 is 4.39 Å². The van der Waals surface area contributed by atoms with Gasteiger partial charge in [0.25, 0.3) is 11.5 Å². The minimum absolute atomic E-state index is 0.0406. The van der Waals surface area contributed by atoms with Crippen LogP contribution >= 0.6 is 11.6 Å². The summed E-state index contributed by atoms with van der Waals surface area (Å²) in [6.07, 6.45) is -4.95. The van der Waals surface area contributed by atoms with Gasteiger partial charge in [0, 0.05) is 12.6 Å². The lowest BCUT2D eigenvalue weighted by Gasteiger charge is -2.36. The van der Waals surface area contributed by atoms with Crippen LogP contribution in [0.1, 0.15) is 59.1 Å². The van der Waals surface area contributed by atoms with Crippen LogP contribution in [0.3, 0.4) is 0 Å². The molecule has 19 heteroatoms. The molecule has 3 unspecified atom stereocenters. The Hall–Kier alpha value is -4.94. The molecule has 2 N–H and O–H groups in total. The Morgan fingerprint density at radius 3 is 2.71 bits per heavy atom. The van der Waals surface area contributed by atoms with Crippen LogP contribution in [0.2, 0.25) is 5.02 Å². The Balaban J connectivity index is 1.27. The summed E-state index contributed by atoms with van der Waals surface area (Å²) in [5.41, 5.74) is -0.896. The maximum atomic E-state index is 15.6. The minimum atomic E-state index is -4.65. The number of rotatable bonds is 8. The van der Waals surface area contributed by atoms with Gasteiger partial charge in [-0.1, -0.05) is 17.7 Å². The zero-order chi connectivity index (χ0) is 36.6. The number of piperidine rings is 1. The lowest BCUT2D eigenvalue weighted by molar-refractivity contribution is -0.137. The number of hydrogen-bond acceptors (Lipinski definition) is 10. The molecule has 0 spiro atoms. The third-order valence-corrected chi connectivity index (χ3v) is 8.83. The number of hydrogen-bond donors (Lipinski definition) is 2. The van der Waals surface area contributed by atoms with E-state index in [-0.39, 0.29) is 58.9 Å². The first-order valence-corrected chi connectivity index (χ1v) is 16.1. The molecule has 1 saturated heterocycles. The van der Waals surface area contributed by atoms with Gasteiger partial charge in [0.1, 0.15) is 19.0 Å². The standard InChI is InChI=1S/C32H31ClF4N8O6/c1-16-28(48)27(39-15-38-16)30(49)43-8-5-24(21(34)13-43)51-17(2)23-12-26(47)45-31(41-29(42-45)18-6-9-50-10-7-18)44(23)14-25(46)40-22-4-3-19(11-20(22)33)32(35,36)37/h3-4,6,11-12,15,17,21,24,48H,5,7-10,13-14H2,1-2H3,(H,40,46). The average Bonchev–Trinajstić information content (AvgIpc) is 3.55. The van der Waals surface area contributed by atoms with Gasteiger partial charge in [-0.15, -0.1) is 5.10 Å². The van der Waals surface area contributed by atoms with Gasteiger partial charge in [0.2, 0.25) is 11.7 Å². The molecule has 6 rings (SSSR count). The Bertz CT molecular complexity index is 2090. The molecule has 5 heterocycles. The Morgan fingerprint density at radius 1 is 1.24 bits per heavy atom. The molecule has 0 aliphatic carbocycles. The number of aromatic hydroxyl groups is 1. The van der Waals surface area contributed by atoms with Crippen LogP contribution < -0.4 is 10.9 Å². The number of carbonyl (C=O) groups excluding carboxylic acids is 2. The molecule has 51 heavy (non-hydrogen) atoms. The highest BCUT2D eigenvalue weighted by molar-refractivity contribution is 6.33. The van der Waals surface area contributed by atoms with Crippen LogP contribution in [0.25, 0.3) is 11.4 Å². The molecule has 1 aromatic carbocycles. The van der Waals surface area contributed by atoms with E-state index in [1.165, 1.54) is 22.5 Å². The molecule has 2 aliphatic rings. The summed E-state index contributed by atoms with van der Waals surface area (Å²) in [5.74, 6) is -1.61. The number of fused-ring (bicyclic) bond motifs is 1. The first kappa shape index (κ1) is 35.9. The number of alkyl halides is 4. The molecule has 1 fully saturated rings. The van der Waals surface area contributed by atoms with E-state index in [4.69, 9.17) is 21.1 Å². The molecule has 2 aliphatic heterocycles. The van der Waals surface area contributed by atoms with Crippen LogP contribution in [0.15, 0.2) is 41.5 Å². The molecule has 2 amide bonds. The van der Waals surface area contributed by atoms with Crippen molar-refractivity contribution in [3.05, 3.63) is 80.5 Å². The Morgan fingerprint density at radius 2 is 2.02 bits per heavy atom. The molecule has 3 aromatic heterocycles. The van der Waals surface area contributed by atoms with Gasteiger partial charge in [-0.3, -0.25) is 14.4 Å². The van der Waals surface area contributed by atoms with Gasteiger partial charge >= 0.3 is 6.18 Å². The molecule has 4 aromatic rings. The number of benzene rings is 1. The summed E-state index contributed by atoms with van der Waals surface area (Å²) in [6, 6.07) is 3.66. The lowest BCUT2D eigenvalue weighted by atomic mass is 10.0. The first-order chi connectivity index (χ1) is 24.2. The smallest absolute Gasteiger partial charge is 0.416 e. The third-order valence-electron chi connectivity index (χ3n) is 8.52. The van der Waals surface area contributed by atoms with E-state index in [0.29, 0.717) is 25.7 Å². The van der Waals surface area contributed by atoms with Crippen LogP contribution in [-0.2, 0) is 27.0 Å². The zero-order valence-electron chi connectivity index (χ0n) is 27.2.